The fourth-order valence-corrected chi connectivity index (χ4v) is 4.57. The third-order valence-corrected chi connectivity index (χ3v) is 6.59. The molecule has 2 fully saturated rings. The highest BCUT2D eigenvalue weighted by Crippen LogP contribution is 2.39. The summed E-state index contributed by atoms with van der Waals surface area (Å²) >= 11 is 1.44. The lowest BCUT2D eigenvalue weighted by molar-refractivity contribution is -0.0196. The van der Waals surface area contributed by atoms with Crippen LogP contribution in [-0.2, 0) is 9.47 Å². The summed E-state index contributed by atoms with van der Waals surface area (Å²) in [4.78, 5) is 10.6. The molecule has 2 aliphatic rings. The van der Waals surface area contributed by atoms with Crippen LogP contribution in [0.3, 0.4) is 0 Å². The standard InChI is InChI=1S/C22H19B3FN5O3S/c23-22(24,25)34-4-3-33-18-2-1-14(7-29-18)19-16(5-27)20(31-8-15(26)9-31)30-21(17(19)6-28)35-12-13-10-32-11-13/h1-2,7,13,15H,3-4,8-12H2. The Hall–Kier alpha value is -2.73. The topological polar surface area (TPSA) is 104 Å². The summed E-state index contributed by atoms with van der Waals surface area (Å²) in [7, 11) is 16.0. The molecule has 172 valence electrons. The predicted molar refractivity (Wildman–Crippen MR) is 130 cm³/mol. The minimum absolute atomic E-state index is 0.0514. The number of alkyl halides is 1. The average Bonchev–Trinajstić information content (AvgIpc) is 2.77. The molecule has 2 saturated heterocycles. The molecule has 4 heterocycles. The molecular formula is C22H19B3FN5O3S. The molecular weight excluding hydrogens is 466 g/mol. The molecule has 8 nitrogen and oxygen atoms in total. The first-order valence-electron chi connectivity index (χ1n) is 10.9. The molecule has 13 heteroatoms. The molecule has 0 aliphatic carbocycles. The number of nitriles is 2. The minimum Gasteiger partial charge on any atom is -0.475 e. The molecule has 0 saturated carbocycles. The van der Waals surface area contributed by atoms with Crippen molar-refractivity contribution in [3.63, 3.8) is 0 Å². The van der Waals surface area contributed by atoms with Gasteiger partial charge < -0.3 is 19.1 Å². The molecule has 0 unspecified atom stereocenters. The predicted octanol–water partition coefficient (Wildman–Crippen LogP) is 1.30. The Morgan fingerprint density at radius 3 is 2.46 bits per heavy atom. The number of halogens is 1. The zero-order chi connectivity index (χ0) is 25.0. The summed E-state index contributed by atoms with van der Waals surface area (Å²) in [6.45, 7) is 1.79. The number of pyridine rings is 2. The molecule has 0 amide bonds. The van der Waals surface area contributed by atoms with Crippen LogP contribution in [0.15, 0.2) is 23.4 Å². The van der Waals surface area contributed by atoms with Gasteiger partial charge in [-0.1, -0.05) is 0 Å². The lowest BCUT2D eigenvalue weighted by Crippen LogP contribution is -2.49. The third-order valence-electron chi connectivity index (χ3n) is 5.38. The van der Waals surface area contributed by atoms with Crippen molar-refractivity contribution in [2.75, 3.05) is 50.2 Å². The van der Waals surface area contributed by atoms with Crippen LogP contribution in [0.2, 0.25) is 0 Å². The number of hydrogen-bond donors (Lipinski definition) is 0. The Morgan fingerprint density at radius 1 is 1.17 bits per heavy atom. The van der Waals surface area contributed by atoms with Crippen molar-refractivity contribution >= 4 is 41.1 Å². The molecule has 0 aromatic carbocycles. The second kappa shape index (κ2) is 10.9. The maximum absolute atomic E-state index is 13.6. The van der Waals surface area contributed by atoms with Gasteiger partial charge in [0.2, 0.25) is 5.88 Å². The van der Waals surface area contributed by atoms with Crippen LogP contribution in [0, 0.1) is 28.6 Å². The van der Waals surface area contributed by atoms with E-state index in [9.17, 15) is 14.9 Å². The summed E-state index contributed by atoms with van der Waals surface area (Å²) in [6, 6.07) is 7.69. The molecule has 0 atom stereocenters. The van der Waals surface area contributed by atoms with Crippen LogP contribution in [0.25, 0.3) is 11.1 Å². The number of thioether (sulfide) groups is 1. The largest absolute Gasteiger partial charge is 0.475 e. The van der Waals surface area contributed by atoms with Crippen molar-refractivity contribution in [1.29, 1.82) is 10.5 Å². The first-order valence-corrected chi connectivity index (χ1v) is 11.8. The normalized spacial score (nSPS) is 16.1. The van der Waals surface area contributed by atoms with Crippen molar-refractivity contribution < 1.29 is 18.6 Å². The van der Waals surface area contributed by atoms with Crippen LogP contribution >= 0.6 is 11.8 Å². The van der Waals surface area contributed by atoms with Crippen molar-refractivity contribution in [2.45, 2.75) is 16.5 Å². The zero-order valence-corrected chi connectivity index (χ0v) is 19.6. The number of nitrogens with zero attached hydrogens (tertiary/aromatic N) is 5. The molecule has 6 radical (unpaired) electrons. The van der Waals surface area contributed by atoms with Crippen LogP contribution in [0.5, 0.6) is 5.88 Å². The lowest BCUT2D eigenvalue weighted by atomic mass is 9.52. The Balaban J connectivity index is 1.63. The van der Waals surface area contributed by atoms with E-state index in [0.717, 1.165) is 5.75 Å². The second-order valence-electron chi connectivity index (χ2n) is 8.24. The Labute approximate surface area is 211 Å². The Morgan fingerprint density at radius 2 is 1.91 bits per heavy atom. The molecule has 0 bridgehead atoms. The summed E-state index contributed by atoms with van der Waals surface area (Å²) in [5.41, 5.74) is 1.44. The average molecular weight is 485 g/mol. The number of aromatic nitrogens is 2. The second-order valence-corrected chi connectivity index (χ2v) is 9.25. The number of hydrogen-bond acceptors (Lipinski definition) is 9. The molecule has 4 rings (SSSR count). The Kier molecular flexibility index (Phi) is 7.90. The molecule has 35 heavy (non-hydrogen) atoms. The zero-order valence-electron chi connectivity index (χ0n) is 18.8. The summed E-state index contributed by atoms with van der Waals surface area (Å²) in [6.07, 6.45) is 0.536. The van der Waals surface area contributed by atoms with Gasteiger partial charge in [-0.3, -0.25) is 0 Å². The monoisotopic (exact) mass is 485 g/mol. The summed E-state index contributed by atoms with van der Waals surface area (Å²) in [5.74, 6) is 1.76. The van der Waals surface area contributed by atoms with Crippen molar-refractivity contribution in [3.8, 4) is 29.1 Å². The fourth-order valence-electron chi connectivity index (χ4n) is 3.54. The van der Waals surface area contributed by atoms with E-state index in [1.165, 1.54) is 18.0 Å². The van der Waals surface area contributed by atoms with Gasteiger partial charge in [0.1, 0.15) is 41.3 Å². The van der Waals surface area contributed by atoms with E-state index >= 15 is 0 Å². The lowest BCUT2D eigenvalue weighted by Gasteiger charge is -2.36. The quantitative estimate of drug-likeness (QED) is 0.280. The number of ether oxygens (including phenoxy) is 3. The van der Waals surface area contributed by atoms with E-state index in [2.05, 4.69) is 22.1 Å². The Bertz CT molecular complexity index is 1140. The van der Waals surface area contributed by atoms with E-state index in [1.807, 2.05) is 0 Å². The van der Waals surface area contributed by atoms with Crippen LogP contribution in [0.1, 0.15) is 11.1 Å². The van der Waals surface area contributed by atoms with Gasteiger partial charge in [-0.2, -0.15) is 10.5 Å². The van der Waals surface area contributed by atoms with Gasteiger partial charge in [0.05, 0.1) is 62.0 Å². The maximum atomic E-state index is 13.6. The SMILES string of the molecule is [B]C([B])([B])OCCOc1ccc(-c2c(C#N)c(SCC3COC3)nc(N3CC(F)C3)c2C#N)cn1. The van der Waals surface area contributed by atoms with Gasteiger partial charge in [0.25, 0.3) is 0 Å². The summed E-state index contributed by atoms with van der Waals surface area (Å²) in [5, 5.41) is 18.8. The van der Waals surface area contributed by atoms with Crippen molar-refractivity contribution in [2.24, 2.45) is 5.92 Å². The van der Waals surface area contributed by atoms with Crippen LogP contribution in [0.4, 0.5) is 10.2 Å². The minimum atomic E-state index is -1.75. The molecule has 0 spiro atoms. The van der Waals surface area contributed by atoms with Gasteiger partial charge in [-0.05, 0) is 11.4 Å². The smallest absolute Gasteiger partial charge is 0.213 e. The molecule has 2 aliphatic heterocycles. The van der Waals surface area contributed by atoms with E-state index < -0.39 is 11.5 Å². The van der Waals surface area contributed by atoms with Gasteiger partial charge >= 0.3 is 0 Å². The summed E-state index contributed by atoms with van der Waals surface area (Å²) < 4.78 is 29.4. The van der Waals surface area contributed by atoms with Gasteiger partial charge in [0.15, 0.2) is 0 Å². The molecule has 2 aromatic heterocycles. The van der Waals surface area contributed by atoms with Crippen molar-refractivity contribution in [1.82, 2.24) is 9.97 Å². The van der Waals surface area contributed by atoms with Gasteiger partial charge in [-0.15, -0.1) is 11.8 Å². The number of rotatable bonds is 10. The highest BCUT2D eigenvalue weighted by molar-refractivity contribution is 7.99. The molecule has 0 N–H and O–H groups in total. The maximum Gasteiger partial charge on any atom is 0.213 e. The van der Waals surface area contributed by atoms with Gasteiger partial charge in [-0.25, -0.2) is 14.4 Å². The van der Waals surface area contributed by atoms with Crippen LogP contribution in [-0.4, -0.2) is 90.2 Å². The highest BCUT2D eigenvalue weighted by atomic mass is 32.2. The van der Waals surface area contributed by atoms with Crippen molar-refractivity contribution in [3.05, 3.63) is 29.5 Å². The van der Waals surface area contributed by atoms with E-state index in [-0.39, 0.29) is 37.4 Å². The first-order chi connectivity index (χ1) is 16.8. The third kappa shape index (κ3) is 6.10. The van der Waals surface area contributed by atoms with Gasteiger partial charge in [0, 0.05) is 35.1 Å². The van der Waals surface area contributed by atoms with E-state index in [0.29, 0.717) is 47.0 Å². The van der Waals surface area contributed by atoms with E-state index in [4.69, 9.17) is 37.7 Å². The highest BCUT2D eigenvalue weighted by Gasteiger charge is 2.33. The fraction of sp³-hybridized carbons (Fsp3) is 0.455. The molecule has 2 aromatic rings. The van der Waals surface area contributed by atoms with Crippen LogP contribution < -0.4 is 9.64 Å². The van der Waals surface area contributed by atoms with E-state index in [1.54, 1.807) is 17.0 Å². The first kappa shape index (κ1) is 25.4. The number of anilines is 1.